The molecule has 0 aliphatic carbocycles. The van der Waals surface area contributed by atoms with Crippen molar-refractivity contribution >= 4 is 34.6 Å². The van der Waals surface area contributed by atoms with Crippen LogP contribution in [0.2, 0.25) is 0 Å². The lowest BCUT2D eigenvalue weighted by atomic mass is 9.79. The maximum atomic E-state index is 14.5. The minimum absolute atomic E-state index is 0.281. The van der Waals surface area contributed by atoms with E-state index in [1.165, 1.54) is 56.1 Å². The summed E-state index contributed by atoms with van der Waals surface area (Å²) in [5.41, 5.74) is 0.753. The molecule has 1 aliphatic heterocycles. The number of aromatic amines is 1. The van der Waals surface area contributed by atoms with Gasteiger partial charge in [0.15, 0.2) is 5.92 Å². The lowest BCUT2D eigenvalue weighted by Crippen LogP contribution is -2.48. The molecule has 1 aromatic heterocycles. The van der Waals surface area contributed by atoms with Gasteiger partial charge in [0.25, 0.3) is 5.79 Å². The fourth-order valence-corrected chi connectivity index (χ4v) is 4.80. The Morgan fingerprint density at radius 3 is 2.24 bits per heavy atom. The summed E-state index contributed by atoms with van der Waals surface area (Å²) < 4.78 is 64.5. The van der Waals surface area contributed by atoms with Crippen LogP contribution >= 0.6 is 11.8 Å². The average molecular weight is 495 g/mol. The highest BCUT2D eigenvalue weighted by molar-refractivity contribution is 7.97. The number of rotatable bonds is 5. The molecule has 0 amide bonds. The number of hydrogen-bond donors (Lipinski definition) is 1. The van der Waals surface area contributed by atoms with E-state index >= 15 is 0 Å². The zero-order valence-corrected chi connectivity index (χ0v) is 19.3. The highest BCUT2D eigenvalue weighted by atomic mass is 32.2. The highest BCUT2D eigenvalue weighted by Crippen LogP contribution is 2.42. The molecule has 5 nitrogen and oxygen atoms in total. The molecule has 1 aliphatic rings. The molecule has 4 rings (SSSR count). The standard InChI is InChI=1S/C24H21F4NO4S/c1-23(2)32-21(30)19(22(31)33-23)18(12-4-6-13(7-5-12)24(26,27)28)15-10-29-20-14(15)8-9-17(25)16(20)11-34-3/h4-10,18-19,29H,11H2,1-3H3. The van der Waals surface area contributed by atoms with Gasteiger partial charge in [0.2, 0.25) is 0 Å². The Labute approximate surface area is 196 Å². The van der Waals surface area contributed by atoms with Crippen LogP contribution in [0.3, 0.4) is 0 Å². The van der Waals surface area contributed by atoms with Gasteiger partial charge >= 0.3 is 18.1 Å². The summed E-state index contributed by atoms with van der Waals surface area (Å²) in [6, 6.07) is 7.02. The fourth-order valence-electron chi connectivity index (χ4n) is 4.23. The second kappa shape index (κ2) is 8.65. The maximum absolute atomic E-state index is 14.5. The van der Waals surface area contributed by atoms with Crippen molar-refractivity contribution in [3.05, 3.63) is 70.7 Å². The van der Waals surface area contributed by atoms with Crippen LogP contribution in [-0.4, -0.2) is 29.0 Å². The number of halogens is 4. The minimum Gasteiger partial charge on any atom is -0.422 e. The molecule has 1 fully saturated rings. The average Bonchev–Trinajstić information content (AvgIpc) is 3.15. The smallest absolute Gasteiger partial charge is 0.416 e. The molecule has 2 heterocycles. The number of carbonyl (C=O) groups is 2. The van der Waals surface area contributed by atoms with Crippen molar-refractivity contribution in [1.29, 1.82) is 0 Å². The van der Waals surface area contributed by atoms with Gasteiger partial charge in [-0.05, 0) is 41.6 Å². The second-order valence-electron chi connectivity index (χ2n) is 8.44. The Hall–Kier alpha value is -3.01. The number of esters is 2. The Morgan fingerprint density at radius 1 is 1.06 bits per heavy atom. The van der Waals surface area contributed by atoms with Gasteiger partial charge in [0, 0.05) is 42.7 Å². The molecule has 0 spiro atoms. The number of ether oxygens (including phenoxy) is 2. The zero-order valence-electron chi connectivity index (χ0n) is 18.5. The van der Waals surface area contributed by atoms with E-state index in [9.17, 15) is 27.2 Å². The third kappa shape index (κ3) is 4.38. The Balaban J connectivity index is 1.90. The molecular formula is C24H21F4NO4S. The summed E-state index contributed by atoms with van der Waals surface area (Å²) in [4.78, 5) is 28.9. The van der Waals surface area contributed by atoms with Crippen LogP contribution in [0.15, 0.2) is 42.6 Å². The Bertz CT molecular complexity index is 1230. The second-order valence-corrected chi connectivity index (χ2v) is 9.31. The first kappa shape index (κ1) is 24.1. The predicted molar refractivity (Wildman–Crippen MR) is 119 cm³/mol. The number of thioether (sulfide) groups is 1. The van der Waals surface area contributed by atoms with Gasteiger partial charge in [-0.1, -0.05) is 12.1 Å². The molecule has 1 unspecified atom stereocenters. The summed E-state index contributed by atoms with van der Waals surface area (Å²) in [6.07, 6.45) is -1.19. The van der Waals surface area contributed by atoms with E-state index in [1.807, 2.05) is 6.26 Å². The first-order chi connectivity index (χ1) is 15.9. The van der Waals surface area contributed by atoms with E-state index < -0.39 is 47.1 Å². The van der Waals surface area contributed by atoms with Gasteiger partial charge in [-0.2, -0.15) is 24.9 Å². The molecule has 180 valence electrons. The van der Waals surface area contributed by atoms with Gasteiger partial charge in [0.05, 0.1) is 11.1 Å². The molecule has 1 atom stereocenters. The highest BCUT2D eigenvalue weighted by Gasteiger charge is 2.48. The molecule has 2 aromatic carbocycles. The van der Waals surface area contributed by atoms with Crippen molar-refractivity contribution in [2.45, 2.75) is 37.5 Å². The number of aromatic nitrogens is 1. The zero-order chi connectivity index (χ0) is 24.8. The van der Waals surface area contributed by atoms with Crippen LogP contribution < -0.4 is 0 Å². The normalized spacial score (nSPS) is 17.5. The number of hydrogen-bond acceptors (Lipinski definition) is 5. The summed E-state index contributed by atoms with van der Waals surface area (Å²) >= 11 is 1.42. The minimum atomic E-state index is -4.55. The molecule has 0 radical (unpaired) electrons. The number of nitrogens with one attached hydrogen (secondary N) is 1. The summed E-state index contributed by atoms with van der Waals surface area (Å²) in [5, 5.41) is 0.542. The monoisotopic (exact) mass is 495 g/mol. The van der Waals surface area contributed by atoms with Crippen LogP contribution in [0, 0.1) is 11.7 Å². The Morgan fingerprint density at radius 2 is 1.68 bits per heavy atom. The van der Waals surface area contributed by atoms with E-state index in [-0.39, 0.29) is 5.56 Å². The van der Waals surface area contributed by atoms with Crippen molar-refractivity contribution in [3.63, 3.8) is 0 Å². The fraction of sp³-hybridized carbons (Fsp3) is 0.333. The SMILES string of the molecule is CSCc1c(F)ccc2c(C(c3ccc(C(F)(F)F)cc3)C3C(=O)OC(C)(C)OC3=O)c[nH]c12. The summed E-state index contributed by atoms with van der Waals surface area (Å²) in [6.45, 7) is 2.82. The van der Waals surface area contributed by atoms with Crippen LogP contribution in [0.1, 0.15) is 42.0 Å². The number of fused-ring (bicyclic) bond motifs is 1. The van der Waals surface area contributed by atoms with Crippen molar-refractivity contribution in [3.8, 4) is 0 Å². The number of carbonyl (C=O) groups excluding carboxylic acids is 2. The third-order valence-corrected chi connectivity index (χ3v) is 6.27. The molecular weight excluding hydrogens is 474 g/mol. The molecule has 1 N–H and O–H groups in total. The van der Waals surface area contributed by atoms with Crippen molar-refractivity contribution in [2.24, 2.45) is 5.92 Å². The van der Waals surface area contributed by atoms with E-state index in [0.29, 0.717) is 27.8 Å². The van der Waals surface area contributed by atoms with Gasteiger partial charge in [-0.3, -0.25) is 9.59 Å². The van der Waals surface area contributed by atoms with Gasteiger partial charge in [0.1, 0.15) is 5.82 Å². The number of alkyl halides is 3. The largest absolute Gasteiger partial charge is 0.422 e. The first-order valence-electron chi connectivity index (χ1n) is 10.3. The molecule has 34 heavy (non-hydrogen) atoms. The van der Waals surface area contributed by atoms with E-state index in [1.54, 1.807) is 0 Å². The molecule has 10 heteroatoms. The number of cyclic esters (lactones) is 2. The van der Waals surface area contributed by atoms with E-state index in [2.05, 4.69) is 4.98 Å². The summed E-state index contributed by atoms with van der Waals surface area (Å²) in [7, 11) is 0. The number of benzene rings is 2. The van der Waals surface area contributed by atoms with Gasteiger partial charge in [-0.15, -0.1) is 0 Å². The van der Waals surface area contributed by atoms with E-state index in [0.717, 1.165) is 12.1 Å². The van der Waals surface area contributed by atoms with Gasteiger partial charge in [-0.25, -0.2) is 4.39 Å². The van der Waals surface area contributed by atoms with Gasteiger partial charge < -0.3 is 14.5 Å². The van der Waals surface area contributed by atoms with Crippen LogP contribution in [0.5, 0.6) is 0 Å². The first-order valence-corrected chi connectivity index (χ1v) is 11.7. The van der Waals surface area contributed by atoms with Crippen molar-refractivity contribution in [1.82, 2.24) is 4.98 Å². The van der Waals surface area contributed by atoms with Crippen LogP contribution in [-0.2, 0) is 31.0 Å². The topological polar surface area (TPSA) is 68.4 Å². The number of H-pyrrole nitrogens is 1. The molecule has 3 aromatic rings. The predicted octanol–water partition coefficient (Wildman–Crippen LogP) is 5.77. The van der Waals surface area contributed by atoms with Crippen molar-refractivity contribution < 1.29 is 36.6 Å². The molecule has 0 saturated carbocycles. The third-order valence-electron chi connectivity index (χ3n) is 5.69. The van der Waals surface area contributed by atoms with E-state index in [4.69, 9.17) is 9.47 Å². The molecule has 0 bridgehead atoms. The van der Waals surface area contributed by atoms with Crippen LogP contribution in [0.4, 0.5) is 17.6 Å². The molecule has 1 saturated heterocycles. The maximum Gasteiger partial charge on any atom is 0.416 e. The lowest BCUT2D eigenvalue weighted by molar-refractivity contribution is -0.240. The quantitative estimate of drug-likeness (QED) is 0.276. The van der Waals surface area contributed by atoms with Crippen LogP contribution in [0.25, 0.3) is 10.9 Å². The lowest BCUT2D eigenvalue weighted by Gasteiger charge is -2.36. The summed E-state index contributed by atoms with van der Waals surface area (Å²) in [5.74, 6) is -5.71. The Kier molecular flexibility index (Phi) is 6.14. The van der Waals surface area contributed by atoms with Crippen molar-refractivity contribution in [2.75, 3.05) is 6.26 Å².